The Balaban J connectivity index is 1.87. The Morgan fingerprint density at radius 1 is 1.18 bits per heavy atom. The first kappa shape index (κ1) is 16.0. The Morgan fingerprint density at radius 2 is 1.86 bits per heavy atom. The highest BCUT2D eigenvalue weighted by atomic mass is 32.2. The van der Waals surface area contributed by atoms with Crippen LogP contribution in [0.25, 0.3) is 0 Å². The van der Waals surface area contributed by atoms with E-state index in [1.54, 1.807) is 6.08 Å². The van der Waals surface area contributed by atoms with Crippen LogP contribution in [-0.2, 0) is 20.0 Å². The number of allylic oxidation sites excluding steroid dienone is 1. The van der Waals surface area contributed by atoms with Gasteiger partial charge in [-0.1, -0.05) is 25.3 Å². The third-order valence-corrected chi connectivity index (χ3v) is 7.25. The van der Waals surface area contributed by atoms with Gasteiger partial charge in [0.15, 0.2) is 0 Å². The number of sulfonamides is 2. The van der Waals surface area contributed by atoms with Gasteiger partial charge in [0.25, 0.3) is 0 Å². The van der Waals surface area contributed by atoms with E-state index < -0.39 is 25.3 Å². The van der Waals surface area contributed by atoms with Crippen LogP contribution in [-0.4, -0.2) is 28.3 Å². The molecule has 0 radical (unpaired) electrons. The van der Waals surface area contributed by atoms with Gasteiger partial charge in [-0.2, -0.15) is 4.72 Å². The lowest BCUT2D eigenvalue weighted by molar-refractivity contribution is 0.267. The van der Waals surface area contributed by atoms with Crippen molar-refractivity contribution in [1.29, 1.82) is 0 Å². The molecule has 124 valence electrons. The summed E-state index contributed by atoms with van der Waals surface area (Å²) in [6.45, 7) is 0. The van der Waals surface area contributed by atoms with Crippen LogP contribution in [0.15, 0.2) is 22.8 Å². The summed E-state index contributed by atoms with van der Waals surface area (Å²) in [5, 5.41) is 7.36. The van der Waals surface area contributed by atoms with Crippen LogP contribution >= 0.6 is 0 Å². The second-order valence-corrected chi connectivity index (χ2v) is 9.62. The molecule has 0 aromatic heterocycles. The average molecular weight is 347 g/mol. The normalized spacial score (nSPS) is 32.4. The quantitative estimate of drug-likeness (QED) is 0.661. The first-order chi connectivity index (χ1) is 10.3. The number of hydrogen-bond donors (Lipinski definition) is 3. The number of rotatable bonds is 2. The largest absolute Gasteiger partial charge is 0.368 e. The van der Waals surface area contributed by atoms with Crippen LogP contribution in [0.2, 0.25) is 0 Å². The predicted octanol–water partition coefficient (Wildman–Crippen LogP) is 0.244. The Labute approximate surface area is 131 Å². The zero-order chi connectivity index (χ0) is 16.0. The van der Waals surface area contributed by atoms with Gasteiger partial charge in [-0.3, -0.25) is 0 Å². The summed E-state index contributed by atoms with van der Waals surface area (Å²) in [5.41, 5.74) is 0.495. The molecule has 2 aliphatic carbocycles. The highest BCUT2D eigenvalue weighted by molar-refractivity contribution is 7.94. The van der Waals surface area contributed by atoms with Gasteiger partial charge in [-0.15, -0.1) is 0 Å². The van der Waals surface area contributed by atoms with Crippen LogP contribution < -0.4 is 15.2 Å². The van der Waals surface area contributed by atoms with Crippen molar-refractivity contribution in [3.05, 3.63) is 22.8 Å². The van der Waals surface area contributed by atoms with Crippen LogP contribution in [0, 0.1) is 5.92 Å². The van der Waals surface area contributed by atoms with Gasteiger partial charge < -0.3 is 5.32 Å². The van der Waals surface area contributed by atoms with Crippen molar-refractivity contribution in [3.8, 4) is 0 Å². The molecule has 0 aromatic rings. The third-order valence-electron chi connectivity index (χ3n) is 4.58. The fraction of sp³-hybridized carbons (Fsp3) is 0.692. The summed E-state index contributed by atoms with van der Waals surface area (Å²) in [7, 11) is -7.52. The molecule has 0 bridgehead atoms. The van der Waals surface area contributed by atoms with E-state index in [2.05, 4.69) is 10.0 Å². The van der Waals surface area contributed by atoms with E-state index in [9.17, 15) is 16.8 Å². The standard InChI is InChI=1S/C13H21N3O4S2/c14-21(17,18)10-6-7-11-12(8-10)22(19,20)16-13(15-11)9-4-2-1-3-5-9/h7-10,13,15-16H,1-6H2,(H2,14,17,18). The van der Waals surface area contributed by atoms with E-state index in [1.165, 1.54) is 12.5 Å². The Hall–Kier alpha value is -0.900. The van der Waals surface area contributed by atoms with Crippen molar-refractivity contribution in [2.75, 3.05) is 0 Å². The minimum Gasteiger partial charge on any atom is -0.368 e. The molecule has 2 unspecified atom stereocenters. The summed E-state index contributed by atoms with van der Waals surface area (Å²) in [4.78, 5) is -0.00941. The molecule has 22 heavy (non-hydrogen) atoms. The number of hydrogen-bond acceptors (Lipinski definition) is 5. The smallest absolute Gasteiger partial charge is 0.244 e. The number of primary sulfonamides is 1. The Morgan fingerprint density at radius 3 is 2.50 bits per heavy atom. The zero-order valence-corrected chi connectivity index (χ0v) is 13.8. The zero-order valence-electron chi connectivity index (χ0n) is 12.2. The molecule has 7 nitrogen and oxygen atoms in total. The molecular weight excluding hydrogens is 326 g/mol. The highest BCUT2D eigenvalue weighted by Gasteiger charge is 2.39. The van der Waals surface area contributed by atoms with E-state index in [0.29, 0.717) is 5.70 Å². The van der Waals surface area contributed by atoms with Gasteiger partial charge >= 0.3 is 0 Å². The molecular formula is C13H21N3O4S2. The summed E-state index contributed by atoms with van der Waals surface area (Å²) >= 11 is 0. The third kappa shape index (κ3) is 3.08. The van der Waals surface area contributed by atoms with E-state index >= 15 is 0 Å². The first-order valence-electron chi connectivity index (χ1n) is 7.50. The van der Waals surface area contributed by atoms with Crippen LogP contribution in [0.5, 0.6) is 0 Å². The molecule has 3 aliphatic rings. The maximum Gasteiger partial charge on any atom is 0.244 e. The lowest BCUT2D eigenvalue weighted by atomic mass is 9.87. The number of fused-ring (bicyclic) bond motifs is 1. The summed E-state index contributed by atoms with van der Waals surface area (Å²) in [6.07, 6.45) is 8.13. The van der Waals surface area contributed by atoms with Crippen LogP contribution in [0.3, 0.4) is 0 Å². The van der Waals surface area contributed by atoms with Crippen molar-refractivity contribution in [2.45, 2.75) is 49.9 Å². The maximum atomic E-state index is 12.4. The van der Waals surface area contributed by atoms with Gasteiger partial charge in [-0.05, 0) is 31.3 Å². The second-order valence-electron chi connectivity index (χ2n) is 6.15. The van der Waals surface area contributed by atoms with Gasteiger partial charge in [-0.25, -0.2) is 22.0 Å². The van der Waals surface area contributed by atoms with Crippen LogP contribution in [0.1, 0.15) is 38.5 Å². The minimum atomic E-state index is -3.80. The predicted molar refractivity (Wildman–Crippen MR) is 83.2 cm³/mol. The molecule has 0 amide bonds. The lowest BCUT2D eigenvalue weighted by Gasteiger charge is -2.38. The molecule has 0 aromatic carbocycles. The van der Waals surface area contributed by atoms with Crippen molar-refractivity contribution in [3.63, 3.8) is 0 Å². The molecule has 3 rings (SSSR count). The molecule has 4 N–H and O–H groups in total. The van der Waals surface area contributed by atoms with Gasteiger partial charge in [0.2, 0.25) is 20.0 Å². The Bertz CT molecular complexity index is 718. The highest BCUT2D eigenvalue weighted by Crippen LogP contribution is 2.32. The first-order valence-corrected chi connectivity index (χ1v) is 10.6. The molecule has 0 spiro atoms. The van der Waals surface area contributed by atoms with Crippen molar-refractivity contribution in [2.24, 2.45) is 11.1 Å². The molecule has 2 fully saturated rings. The second kappa shape index (κ2) is 5.63. The summed E-state index contributed by atoms with van der Waals surface area (Å²) in [6, 6.07) is 0. The van der Waals surface area contributed by atoms with E-state index in [1.807, 2.05) is 0 Å². The van der Waals surface area contributed by atoms with Gasteiger partial charge in [0.05, 0.1) is 17.1 Å². The molecule has 1 aliphatic heterocycles. The number of nitrogens with one attached hydrogen (secondary N) is 2. The van der Waals surface area contributed by atoms with Crippen LogP contribution in [0.4, 0.5) is 0 Å². The number of nitrogens with two attached hydrogens (primary N) is 1. The molecule has 1 saturated carbocycles. The molecule has 1 saturated heterocycles. The minimum absolute atomic E-state index is 0.00941. The fourth-order valence-electron chi connectivity index (χ4n) is 3.36. The van der Waals surface area contributed by atoms with E-state index in [-0.39, 0.29) is 23.4 Å². The monoisotopic (exact) mass is 347 g/mol. The van der Waals surface area contributed by atoms with Crippen molar-refractivity contribution < 1.29 is 16.8 Å². The van der Waals surface area contributed by atoms with Gasteiger partial charge in [0.1, 0.15) is 4.91 Å². The lowest BCUT2D eigenvalue weighted by Crippen LogP contribution is -2.55. The molecule has 2 atom stereocenters. The summed E-state index contributed by atoms with van der Waals surface area (Å²) < 4.78 is 50.4. The maximum absolute atomic E-state index is 12.4. The van der Waals surface area contributed by atoms with Gasteiger partial charge in [0, 0.05) is 0 Å². The molecule has 1 heterocycles. The summed E-state index contributed by atoms with van der Waals surface area (Å²) in [5.74, 6) is 0.266. The fourth-order valence-corrected chi connectivity index (χ4v) is 5.63. The van der Waals surface area contributed by atoms with Crippen molar-refractivity contribution in [1.82, 2.24) is 10.0 Å². The average Bonchev–Trinajstić information content (AvgIpc) is 2.46. The van der Waals surface area contributed by atoms with E-state index in [4.69, 9.17) is 5.14 Å². The topological polar surface area (TPSA) is 118 Å². The molecule has 9 heteroatoms. The SMILES string of the molecule is NS(=O)(=O)C1C=C2C(=CC1)NC(C1CCCCC1)NS2(=O)=O. The van der Waals surface area contributed by atoms with Crippen molar-refractivity contribution >= 4 is 20.0 Å². The van der Waals surface area contributed by atoms with E-state index in [0.717, 1.165) is 25.7 Å². The Kier molecular flexibility index (Phi) is 4.09.